The van der Waals surface area contributed by atoms with E-state index in [0.717, 1.165) is 0 Å². The number of amides is 1. The lowest BCUT2D eigenvalue weighted by Crippen LogP contribution is -1.96. The predicted octanol–water partition coefficient (Wildman–Crippen LogP) is 2.29. The van der Waals surface area contributed by atoms with Crippen molar-refractivity contribution in [2.75, 3.05) is 0 Å². The van der Waals surface area contributed by atoms with Gasteiger partial charge in [-0.1, -0.05) is 23.2 Å². The number of carbonyl (C=O) groups is 1. The van der Waals surface area contributed by atoms with E-state index in [9.17, 15) is 9.70 Å². The van der Waals surface area contributed by atoms with Crippen molar-refractivity contribution in [2.24, 2.45) is 5.18 Å². The molecule has 0 aromatic carbocycles. The Kier molecular flexibility index (Phi) is 2.73. The van der Waals surface area contributed by atoms with Crippen molar-refractivity contribution in [3.05, 3.63) is 32.9 Å². The van der Waals surface area contributed by atoms with E-state index >= 15 is 0 Å². The van der Waals surface area contributed by atoms with Crippen LogP contribution in [0, 0.1) is 4.91 Å². The molecule has 0 saturated heterocycles. The minimum Gasteiger partial charge on any atom is -0.263 e. The zero-order valence-electron chi connectivity index (χ0n) is 5.62. The second kappa shape index (κ2) is 3.60. The largest absolute Gasteiger partial charge is 0.319 e. The molecule has 0 aliphatic heterocycles. The summed E-state index contributed by atoms with van der Waals surface area (Å²) in [5.74, 6) is -0.977. The number of rotatable bonds is 1. The molecule has 1 aromatic heterocycles. The lowest BCUT2D eigenvalue weighted by molar-refractivity contribution is 0.100. The van der Waals surface area contributed by atoms with Crippen LogP contribution in [0.25, 0.3) is 0 Å². The monoisotopic (exact) mass is 204 g/mol. The third-order valence-electron chi connectivity index (χ3n) is 1.12. The Labute approximate surface area is 77.5 Å². The van der Waals surface area contributed by atoms with Gasteiger partial charge in [-0.05, 0) is 6.07 Å². The summed E-state index contributed by atoms with van der Waals surface area (Å²) in [5, 5.41) is 2.34. The molecule has 0 fully saturated rings. The molecule has 0 aliphatic carbocycles. The molecule has 1 heterocycles. The molecule has 0 atom stereocenters. The van der Waals surface area contributed by atoms with E-state index in [2.05, 4.69) is 10.2 Å². The van der Waals surface area contributed by atoms with Gasteiger partial charge in [0.15, 0.2) is 0 Å². The highest BCUT2D eigenvalue weighted by Gasteiger charge is 2.11. The fourth-order valence-electron chi connectivity index (χ4n) is 0.622. The van der Waals surface area contributed by atoms with E-state index in [4.69, 9.17) is 23.2 Å². The minimum atomic E-state index is -0.977. The average Bonchev–Trinajstić information content (AvgIpc) is 2.08. The van der Waals surface area contributed by atoms with Gasteiger partial charge in [0.25, 0.3) is 0 Å². The summed E-state index contributed by atoms with van der Waals surface area (Å²) < 4.78 is 0. The van der Waals surface area contributed by atoms with Crippen molar-refractivity contribution < 1.29 is 4.79 Å². The molecule has 62 valence electrons. The molecule has 1 rings (SSSR count). The van der Waals surface area contributed by atoms with Crippen molar-refractivity contribution in [2.45, 2.75) is 0 Å². The van der Waals surface area contributed by atoms with Crippen LogP contribution in [0.1, 0.15) is 10.4 Å². The molecule has 0 unspecified atom stereocenters. The number of hydrogen-bond donors (Lipinski definition) is 0. The van der Waals surface area contributed by atoms with Crippen LogP contribution < -0.4 is 0 Å². The third kappa shape index (κ3) is 1.78. The Morgan fingerprint density at radius 1 is 1.50 bits per heavy atom. The number of pyridine rings is 1. The summed E-state index contributed by atoms with van der Waals surface area (Å²) in [5.41, 5.74) is -0.0841. The Morgan fingerprint density at radius 2 is 2.17 bits per heavy atom. The number of nitrogens with zero attached hydrogens (tertiary/aromatic N) is 2. The first-order chi connectivity index (χ1) is 5.65. The number of carbonyl (C=O) groups excluding carboxylic acids is 1. The standard InChI is InChI=1S/C6H2Cl2N2O2/c7-3-1-4(6(11)10-12)5(8)9-2-3/h1-2H. The second-order valence-corrected chi connectivity index (χ2v) is 2.68. The van der Waals surface area contributed by atoms with Crippen molar-refractivity contribution in [3.63, 3.8) is 0 Å². The molecular formula is C6H2Cl2N2O2. The van der Waals surface area contributed by atoms with Gasteiger partial charge >= 0.3 is 5.91 Å². The van der Waals surface area contributed by atoms with Gasteiger partial charge < -0.3 is 0 Å². The summed E-state index contributed by atoms with van der Waals surface area (Å²) in [6.45, 7) is 0. The molecule has 0 spiro atoms. The summed E-state index contributed by atoms with van der Waals surface area (Å²) in [4.78, 5) is 24.1. The zero-order chi connectivity index (χ0) is 9.14. The van der Waals surface area contributed by atoms with E-state index in [1.807, 2.05) is 0 Å². The molecule has 0 bridgehead atoms. The Hall–Kier alpha value is -1.00. The first-order valence-electron chi connectivity index (χ1n) is 2.84. The lowest BCUT2D eigenvalue weighted by Gasteiger charge is -1.95. The summed E-state index contributed by atoms with van der Waals surface area (Å²) in [7, 11) is 0. The highest BCUT2D eigenvalue weighted by atomic mass is 35.5. The van der Waals surface area contributed by atoms with E-state index in [1.165, 1.54) is 12.3 Å². The maximum Gasteiger partial charge on any atom is 0.319 e. The summed E-state index contributed by atoms with van der Waals surface area (Å²) in [6.07, 6.45) is 1.27. The van der Waals surface area contributed by atoms with Crippen molar-refractivity contribution in [1.82, 2.24) is 4.98 Å². The molecule has 0 saturated carbocycles. The van der Waals surface area contributed by atoms with E-state index in [1.54, 1.807) is 0 Å². The third-order valence-corrected chi connectivity index (χ3v) is 1.63. The maximum absolute atomic E-state index is 10.7. The van der Waals surface area contributed by atoms with Gasteiger partial charge in [0.1, 0.15) is 5.15 Å². The number of aromatic nitrogens is 1. The molecule has 1 amide bonds. The van der Waals surface area contributed by atoms with Gasteiger partial charge in [-0.25, -0.2) is 4.98 Å². The van der Waals surface area contributed by atoms with Gasteiger partial charge in [0.05, 0.1) is 10.6 Å². The van der Waals surface area contributed by atoms with Gasteiger partial charge in [-0.15, -0.1) is 4.91 Å². The van der Waals surface area contributed by atoms with Gasteiger partial charge in [-0.3, -0.25) is 4.79 Å². The predicted molar refractivity (Wildman–Crippen MR) is 44.4 cm³/mol. The number of halogens is 2. The molecule has 6 heteroatoms. The Bertz CT molecular complexity index is 340. The Balaban J connectivity index is 3.22. The first kappa shape index (κ1) is 9.09. The quantitative estimate of drug-likeness (QED) is 0.521. The molecule has 0 aliphatic rings. The fourth-order valence-corrected chi connectivity index (χ4v) is 0.964. The molecule has 0 N–H and O–H groups in total. The normalized spacial score (nSPS) is 9.50. The Morgan fingerprint density at radius 3 is 2.75 bits per heavy atom. The first-order valence-corrected chi connectivity index (χ1v) is 3.59. The summed E-state index contributed by atoms with van der Waals surface area (Å²) in [6, 6.07) is 1.24. The van der Waals surface area contributed by atoms with Crippen LogP contribution in [0.5, 0.6) is 0 Å². The summed E-state index contributed by atoms with van der Waals surface area (Å²) >= 11 is 11.0. The molecule has 0 radical (unpaired) electrons. The molecule has 1 aromatic rings. The van der Waals surface area contributed by atoms with Crippen LogP contribution in [0.3, 0.4) is 0 Å². The molecule has 12 heavy (non-hydrogen) atoms. The van der Waals surface area contributed by atoms with Crippen LogP contribution in [0.15, 0.2) is 17.4 Å². The van der Waals surface area contributed by atoms with E-state index in [0.29, 0.717) is 0 Å². The van der Waals surface area contributed by atoms with Crippen molar-refractivity contribution in [3.8, 4) is 0 Å². The maximum atomic E-state index is 10.7. The molecule has 4 nitrogen and oxygen atoms in total. The highest BCUT2D eigenvalue weighted by molar-refractivity contribution is 6.34. The van der Waals surface area contributed by atoms with Crippen LogP contribution in [0.4, 0.5) is 0 Å². The number of nitroso groups, excluding NO2 is 1. The van der Waals surface area contributed by atoms with Crippen LogP contribution in [-0.4, -0.2) is 10.9 Å². The van der Waals surface area contributed by atoms with Gasteiger partial charge in [-0.2, -0.15) is 0 Å². The van der Waals surface area contributed by atoms with Crippen LogP contribution in [-0.2, 0) is 0 Å². The topological polar surface area (TPSA) is 59.4 Å². The SMILES string of the molecule is O=NC(=O)c1cc(Cl)cnc1Cl. The highest BCUT2D eigenvalue weighted by Crippen LogP contribution is 2.17. The average molecular weight is 205 g/mol. The number of hydrogen-bond acceptors (Lipinski definition) is 3. The minimum absolute atomic E-state index is 0.0796. The fraction of sp³-hybridized carbons (Fsp3) is 0. The van der Waals surface area contributed by atoms with Crippen LogP contribution >= 0.6 is 23.2 Å². The molecular weight excluding hydrogens is 203 g/mol. The van der Waals surface area contributed by atoms with E-state index in [-0.39, 0.29) is 15.7 Å². The van der Waals surface area contributed by atoms with Crippen molar-refractivity contribution >= 4 is 29.1 Å². The van der Waals surface area contributed by atoms with Crippen LogP contribution in [0.2, 0.25) is 10.2 Å². The van der Waals surface area contributed by atoms with Gasteiger partial charge in [0.2, 0.25) is 0 Å². The lowest BCUT2D eigenvalue weighted by atomic mass is 10.3. The smallest absolute Gasteiger partial charge is 0.263 e. The van der Waals surface area contributed by atoms with E-state index < -0.39 is 5.91 Å². The van der Waals surface area contributed by atoms with Gasteiger partial charge in [0, 0.05) is 11.4 Å². The zero-order valence-corrected chi connectivity index (χ0v) is 7.13. The van der Waals surface area contributed by atoms with Crippen molar-refractivity contribution in [1.29, 1.82) is 0 Å². The second-order valence-electron chi connectivity index (χ2n) is 1.89.